The van der Waals surface area contributed by atoms with Crippen molar-refractivity contribution >= 4 is 21.6 Å². The Morgan fingerprint density at radius 1 is 0.857 bits per heavy atom. The van der Waals surface area contributed by atoms with Crippen LogP contribution < -0.4 is 0 Å². The predicted molar refractivity (Wildman–Crippen MR) is 72.8 cm³/mol. The van der Waals surface area contributed by atoms with Crippen LogP contribution in [0, 0.1) is 0 Å². The zero-order chi connectivity index (χ0) is 10.8. The number of rotatable bonds is 9. The van der Waals surface area contributed by atoms with E-state index in [2.05, 4.69) is 26.3 Å². The molecule has 2 heteroatoms. The molecule has 0 aliphatic rings. The lowest BCUT2D eigenvalue weighted by molar-refractivity contribution is 1.18. The first kappa shape index (κ1) is 13.7. The molecule has 14 heavy (non-hydrogen) atoms. The zero-order valence-electron chi connectivity index (χ0n) is 8.63. The summed E-state index contributed by atoms with van der Waals surface area (Å²) in [5.74, 6) is 2.21. The second-order valence-corrected chi connectivity index (χ2v) is 5.57. The van der Waals surface area contributed by atoms with Gasteiger partial charge in [0.25, 0.3) is 0 Å². The van der Waals surface area contributed by atoms with Gasteiger partial charge in [-0.15, -0.1) is 0 Å². The predicted octanol–water partition coefficient (Wildman–Crippen LogP) is 4.63. The summed E-state index contributed by atoms with van der Waals surface area (Å²) < 4.78 is 0. The second-order valence-electron chi connectivity index (χ2n) is 2.87. The molecular formula is C12H18S2. The van der Waals surface area contributed by atoms with E-state index < -0.39 is 0 Å². The molecule has 0 fully saturated rings. The molecule has 0 aromatic carbocycles. The average Bonchev–Trinajstić information content (AvgIpc) is 2.22. The zero-order valence-corrected chi connectivity index (χ0v) is 10.3. The van der Waals surface area contributed by atoms with Gasteiger partial charge in [-0.2, -0.15) is 0 Å². The number of hydrogen-bond acceptors (Lipinski definition) is 2. The van der Waals surface area contributed by atoms with E-state index in [0.29, 0.717) is 0 Å². The van der Waals surface area contributed by atoms with Crippen molar-refractivity contribution in [2.45, 2.75) is 12.8 Å². The van der Waals surface area contributed by atoms with E-state index in [1.54, 1.807) is 0 Å². The van der Waals surface area contributed by atoms with Crippen LogP contribution in [0.15, 0.2) is 49.6 Å². The maximum Gasteiger partial charge on any atom is 0.00772 e. The molecule has 0 N–H and O–H groups in total. The van der Waals surface area contributed by atoms with Crippen LogP contribution in [0.5, 0.6) is 0 Å². The monoisotopic (exact) mass is 226 g/mol. The summed E-state index contributed by atoms with van der Waals surface area (Å²) in [5, 5.41) is 0. The molecular weight excluding hydrogens is 208 g/mol. The van der Waals surface area contributed by atoms with Gasteiger partial charge in [0.15, 0.2) is 0 Å². The molecule has 0 spiro atoms. The van der Waals surface area contributed by atoms with Crippen LogP contribution in [0.2, 0.25) is 0 Å². The summed E-state index contributed by atoms with van der Waals surface area (Å²) in [5.41, 5.74) is 2.24. The fraction of sp³-hybridized carbons (Fsp3) is 0.333. The Balaban J connectivity index is 3.21. The van der Waals surface area contributed by atoms with E-state index in [9.17, 15) is 0 Å². The summed E-state index contributed by atoms with van der Waals surface area (Å²) in [6.07, 6.45) is 5.71. The quantitative estimate of drug-likeness (QED) is 0.319. The van der Waals surface area contributed by atoms with Crippen LogP contribution in [0.4, 0.5) is 0 Å². The van der Waals surface area contributed by atoms with E-state index >= 15 is 0 Å². The maximum absolute atomic E-state index is 3.86. The minimum absolute atomic E-state index is 1.03. The van der Waals surface area contributed by atoms with Gasteiger partial charge in [-0.05, 0) is 12.8 Å². The van der Waals surface area contributed by atoms with Crippen molar-refractivity contribution in [3.8, 4) is 0 Å². The number of allylic oxidation sites excluding steroid dienone is 4. The van der Waals surface area contributed by atoms with Gasteiger partial charge in [0, 0.05) is 11.5 Å². The van der Waals surface area contributed by atoms with E-state index in [-0.39, 0.29) is 0 Å². The van der Waals surface area contributed by atoms with E-state index in [0.717, 1.165) is 35.5 Å². The molecule has 0 amide bonds. The first-order valence-corrected chi connectivity index (χ1v) is 7.04. The molecule has 0 bridgehead atoms. The van der Waals surface area contributed by atoms with E-state index in [1.165, 1.54) is 0 Å². The highest BCUT2D eigenvalue weighted by Gasteiger charge is 1.93. The Morgan fingerprint density at radius 3 is 1.50 bits per heavy atom. The molecule has 0 radical (unpaired) electrons. The summed E-state index contributed by atoms with van der Waals surface area (Å²) in [6.45, 7) is 15.1. The van der Waals surface area contributed by atoms with Gasteiger partial charge in [0.05, 0.1) is 0 Å². The highest BCUT2D eigenvalue weighted by molar-refractivity contribution is 8.76. The SMILES string of the molecule is C=CC(=C)CCSSCCC(=C)C=C. The molecule has 0 saturated heterocycles. The van der Waals surface area contributed by atoms with Crippen molar-refractivity contribution in [2.24, 2.45) is 0 Å². The van der Waals surface area contributed by atoms with Gasteiger partial charge in [-0.25, -0.2) is 0 Å². The normalized spacial score (nSPS) is 9.43. The molecule has 78 valence electrons. The van der Waals surface area contributed by atoms with Crippen LogP contribution in [-0.4, -0.2) is 11.5 Å². The summed E-state index contributed by atoms with van der Waals surface area (Å²) in [7, 11) is 3.76. The molecule has 0 aliphatic carbocycles. The third-order valence-corrected chi connectivity index (χ3v) is 4.08. The third-order valence-electron chi connectivity index (χ3n) is 1.67. The Labute approximate surface area is 95.6 Å². The molecule has 0 heterocycles. The van der Waals surface area contributed by atoms with Gasteiger partial charge in [0.1, 0.15) is 0 Å². The fourth-order valence-corrected chi connectivity index (χ4v) is 2.80. The average molecular weight is 226 g/mol. The first-order valence-electron chi connectivity index (χ1n) is 4.55. The lowest BCUT2D eigenvalue weighted by atomic mass is 10.2. The summed E-state index contributed by atoms with van der Waals surface area (Å²) >= 11 is 0. The first-order chi connectivity index (χ1) is 6.70. The van der Waals surface area contributed by atoms with Crippen molar-refractivity contribution in [1.82, 2.24) is 0 Å². The molecule has 0 rings (SSSR count). The van der Waals surface area contributed by atoms with Gasteiger partial charge in [-0.1, -0.05) is 71.2 Å². The van der Waals surface area contributed by atoms with Crippen molar-refractivity contribution in [3.05, 3.63) is 49.6 Å². The number of hydrogen-bond donors (Lipinski definition) is 0. The molecule has 0 atom stereocenters. The molecule has 0 unspecified atom stereocenters. The standard InChI is InChI=1S/C12H18S2/c1-5-11(3)7-9-13-14-10-8-12(4)6-2/h5-6H,1-4,7-10H2. The van der Waals surface area contributed by atoms with Crippen molar-refractivity contribution < 1.29 is 0 Å². The summed E-state index contributed by atoms with van der Waals surface area (Å²) in [4.78, 5) is 0. The van der Waals surface area contributed by atoms with Crippen LogP contribution in [0.25, 0.3) is 0 Å². The second kappa shape index (κ2) is 9.22. The summed E-state index contributed by atoms with van der Waals surface area (Å²) in [6, 6.07) is 0. The smallest absolute Gasteiger partial charge is 0.00772 e. The van der Waals surface area contributed by atoms with Gasteiger partial charge < -0.3 is 0 Å². The Morgan fingerprint density at radius 2 is 1.21 bits per heavy atom. The molecule has 0 nitrogen and oxygen atoms in total. The van der Waals surface area contributed by atoms with Crippen LogP contribution in [0.1, 0.15) is 12.8 Å². The molecule has 0 saturated carbocycles. The minimum Gasteiger partial charge on any atom is -0.0988 e. The van der Waals surface area contributed by atoms with E-state index in [4.69, 9.17) is 0 Å². The Kier molecular flexibility index (Phi) is 9.00. The Bertz CT molecular complexity index is 192. The largest absolute Gasteiger partial charge is 0.0988 e. The van der Waals surface area contributed by atoms with Crippen LogP contribution in [0.3, 0.4) is 0 Å². The Hall–Kier alpha value is -0.340. The fourth-order valence-electron chi connectivity index (χ4n) is 0.667. The minimum atomic E-state index is 1.03. The van der Waals surface area contributed by atoms with Crippen LogP contribution >= 0.6 is 21.6 Å². The molecule has 0 aromatic rings. The highest BCUT2D eigenvalue weighted by Crippen LogP contribution is 2.25. The third kappa shape index (κ3) is 8.27. The van der Waals surface area contributed by atoms with Gasteiger partial charge in [0.2, 0.25) is 0 Å². The van der Waals surface area contributed by atoms with Crippen molar-refractivity contribution in [1.29, 1.82) is 0 Å². The van der Waals surface area contributed by atoms with Crippen molar-refractivity contribution in [2.75, 3.05) is 11.5 Å². The van der Waals surface area contributed by atoms with Crippen molar-refractivity contribution in [3.63, 3.8) is 0 Å². The lowest BCUT2D eigenvalue weighted by Gasteiger charge is -2.01. The van der Waals surface area contributed by atoms with Gasteiger partial charge >= 0.3 is 0 Å². The topological polar surface area (TPSA) is 0 Å². The van der Waals surface area contributed by atoms with E-state index in [1.807, 2.05) is 33.7 Å². The maximum atomic E-state index is 3.86. The van der Waals surface area contributed by atoms with Gasteiger partial charge in [-0.3, -0.25) is 0 Å². The van der Waals surface area contributed by atoms with Crippen LogP contribution in [-0.2, 0) is 0 Å². The highest BCUT2D eigenvalue weighted by atomic mass is 33.1. The molecule has 0 aliphatic heterocycles. The lowest BCUT2D eigenvalue weighted by Crippen LogP contribution is -1.81. The molecule has 0 aromatic heterocycles.